The Morgan fingerprint density at radius 3 is 2.03 bits per heavy atom. The van der Waals surface area contributed by atoms with Crippen LogP contribution in [0.25, 0.3) is 5.70 Å². The first-order valence-corrected chi connectivity index (χ1v) is 12.4. The summed E-state index contributed by atoms with van der Waals surface area (Å²) in [6.45, 7) is 14.1. The van der Waals surface area contributed by atoms with Crippen molar-refractivity contribution in [2.75, 3.05) is 19.6 Å². The van der Waals surface area contributed by atoms with E-state index < -0.39 is 0 Å². The summed E-state index contributed by atoms with van der Waals surface area (Å²) in [4.78, 5) is 0. The van der Waals surface area contributed by atoms with Crippen molar-refractivity contribution in [3.8, 4) is 0 Å². The number of nitrogens with zero attached hydrogens (tertiary/aromatic N) is 2. The number of hydrogen-bond donors (Lipinski definition) is 2. The van der Waals surface area contributed by atoms with Crippen molar-refractivity contribution in [3.05, 3.63) is 41.1 Å². The number of unbranched alkanes of at least 4 members (excludes halogenated alkanes) is 2. The summed E-state index contributed by atoms with van der Waals surface area (Å²) in [5.74, 6) is 1.40. The fraction of sp³-hybridized carbons (Fsp3) is 0.692. The Bertz CT molecular complexity index is 654. The molecular weight excluding hydrogens is 368 g/mol. The van der Waals surface area contributed by atoms with Gasteiger partial charge in [0.25, 0.3) is 0 Å². The van der Waals surface area contributed by atoms with Crippen LogP contribution in [0.1, 0.15) is 90.2 Å². The quantitative estimate of drug-likeness (QED) is 0.386. The number of nitrogens with two attached hydrogens (primary N) is 1. The highest BCUT2D eigenvalue weighted by Gasteiger charge is 2.32. The van der Waals surface area contributed by atoms with Gasteiger partial charge in [0.2, 0.25) is 0 Å². The molecule has 0 amide bonds. The maximum atomic E-state index is 6.36. The van der Waals surface area contributed by atoms with Crippen molar-refractivity contribution in [3.63, 3.8) is 0 Å². The number of hydrazine groups is 2. The van der Waals surface area contributed by atoms with Crippen LogP contribution in [0.2, 0.25) is 0 Å². The summed E-state index contributed by atoms with van der Waals surface area (Å²) < 4.78 is 0. The van der Waals surface area contributed by atoms with Crippen molar-refractivity contribution in [1.82, 2.24) is 15.6 Å². The predicted molar refractivity (Wildman–Crippen MR) is 130 cm³/mol. The average Bonchev–Trinajstić information content (AvgIpc) is 3.10. The Labute approximate surface area is 185 Å². The van der Waals surface area contributed by atoms with Gasteiger partial charge in [-0.3, -0.25) is 10.4 Å². The molecule has 0 aliphatic carbocycles. The molecule has 2 unspecified atom stereocenters. The van der Waals surface area contributed by atoms with Crippen molar-refractivity contribution in [1.29, 1.82) is 0 Å². The summed E-state index contributed by atoms with van der Waals surface area (Å²) >= 11 is 0. The molecule has 1 aliphatic rings. The third-order valence-corrected chi connectivity index (χ3v) is 6.69. The summed E-state index contributed by atoms with van der Waals surface area (Å²) in [7, 11) is 0. The van der Waals surface area contributed by atoms with Crippen LogP contribution in [-0.2, 0) is 0 Å². The van der Waals surface area contributed by atoms with Gasteiger partial charge in [0.1, 0.15) is 0 Å². The topological polar surface area (TPSA) is 44.5 Å². The molecule has 0 spiro atoms. The molecule has 0 saturated carbocycles. The lowest BCUT2D eigenvalue weighted by Gasteiger charge is -2.36. The molecule has 4 heteroatoms. The Morgan fingerprint density at radius 1 is 0.900 bits per heavy atom. The van der Waals surface area contributed by atoms with Crippen molar-refractivity contribution in [2.45, 2.75) is 86.0 Å². The number of nitrogens with one attached hydrogen (secondary N) is 1. The lowest BCUT2D eigenvalue weighted by Crippen LogP contribution is -2.48. The molecule has 4 nitrogen and oxygen atoms in total. The van der Waals surface area contributed by atoms with E-state index in [9.17, 15) is 0 Å². The van der Waals surface area contributed by atoms with E-state index in [1.807, 2.05) is 0 Å². The van der Waals surface area contributed by atoms with Crippen LogP contribution < -0.4 is 11.2 Å². The van der Waals surface area contributed by atoms with Gasteiger partial charge >= 0.3 is 0 Å². The minimum absolute atomic E-state index is 0.559. The summed E-state index contributed by atoms with van der Waals surface area (Å²) in [5.41, 5.74) is 15.2. The molecule has 0 bridgehead atoms. The zero-order valence-corrected chi connectivity index (χ0v) is 20.2. The van der Waals surface area contributed by atoms with Gasteiger partial charge in [0.15, 0.2) is 0 Å². The van der Waals surface area contributed by atoms with Gasteiger partial charge in [0, 0.05) is 25.2 Å². The molecule has 3 N–H and O–H groups in total. The van der Waals surface area contributed by atoms with Crippen molar-refractivity contribution < 1.29 is 0 Å². The molecule has 1 heterocycles. The first-order valence-electron chi connectivity index (χ1n) is 12.4. The van der Waals surface area contributed by atoms with Gasteiger partial charge in [0.05, 0.1) is 11.4 Å². The summed E-state index contributed by atoms with van der Waals surface area (Å²) in [6.07, 6.45) is 10.2. The maximum Gasteiger partial charge on any atom is 0.0802 e. The highest BCUT2D eigenvalue weighted by atomic mass is 15.8. The normalized spacial score (nSPS) is 16.8. The maximum absolute atomic E-state index is 6.36. The second-order valence-corrected chi connectivity index (χ2v) is 8.95. The minimum atomic E-state index is 0.559. The van der Waals surface area contributed by atoms with Crippen LogP contribution in [-0.4, -0.2) is 29.8 Å². The van der Waals surface area contributed by atoms with E-state index in [4.69, 9.17) is 5.73 Å². The van der Waals surface area contributed by atoms with Crippen molar-refractivity contribution in [2.24, 2.45) is 17.6 Å². The summed E-state index contributed by atoms with van der Waals surface area (Å²) in [5, 5.41) is 4.88. The van der Waals surface area contributed by atoms with E-state index in [-0.39, 0.29) is 0 Å². The Morgan fingerprint density at radius 2 is 1.50 bits per heavy atom. The zero-order valence-electron chi connectivity index (χ0n) is 20.2. The molecular formula is C26H46N4. The molecule has 0 fully saturated rings. The van der Waals surface area contributed by atoms with E-state index in [0.717, 1.165) is 13.1 Å². The first-order chi connectivity index (χ1) is 14.6. The smallest absolute Gasteiger partial charge is 0.0802 e. The number of rotatable bonds is 14. The standard InChI is InChI=1S/C26H46N4/c1-6-10-15-22(8-3)19-29-25(18-27)26(24-17-13-12-14-21(24)5)28-30(29)20-23(9-4)16-11-7-2/h12-14,17,22-23,28H,6-11,15-16,18-20,27H2,1-5H3. The lowest BCUT2D eigenvalue weighted by atomic mass is 9.98. The monoisotopic (exact) mass is 414 g/mol. The number of aryl methyl sites for hydroxylation is 1. The minimum Gasteiger partial charge on any atom is -0.325 e. The van der Waals surface area contributed by atoms with E-state index in [0.29, 0.717) is 18.4 Å². The predicted octanol–water partition coefficient (Wildman–Crippen LogP) is 6.09. The van der Waals surface area contributed by atoms with Crippen LogP contribution >= 0.6 is 0 Å². The largest absolute Gasteiger partial charge is 0.325 e. The Kier molecular flexibility index (Phi) is 10.7. The van der Waals surface area contributed by atoms with Gasteiger partial charge in [-0.05, 0) is 37.2 Å². The molecule has 2 atom stereocenters. The fourth-order valence-corrected chi connectivity index (χ4v) is 4.48. The van der Waals surface area contributed by atoms with Gasteiger partial charge in [-0.15, -0.1) is 5.12 Å². The van der Waals surface area contributed by atoms with Crippen molar-refractivity contribution >= 4 is 5.70 Å². The second kappa shape index (κ2) is 13.0. The molecule has 1 aromatic carbocycles. The van der Waals surface area contributed by atoms with Gasteiger partial charge < -0.3 is 5.73 Å². The van der Waals surface area contributed by atoms with Crippen LogP contribution in [0.4, 0.5) is 0 Å². The van der Waals surface area contributed by atoms with E-state index in [1.165, 1.54) is 73.9 Å². The molecule has 1 aliphatic heterocycles. The number of hydrogen-bond acceptors (Lipinski definition) is 4. The third kappa shape index (κ3) is 6.49. The summed E-state index contributed by atoms with van der Waals surface area (Å²) in [6, 6.07) is 8.65. The van der Waals surface area contributed by atoms with Gasteiger partial charge in [-0.25, -0.2) is 0 Å². The highest BCUT2D eigenvalue weighted by Crippen LogP contribution is 2.31. The SMILES string of the molecule is CCCCC(CC)CN1NC(c2ccccc2C)=C(CN)N1CC(CC)CCCC. The Hall–Kier alpha value is -1.52. The third-order valence-electron chi connectivity index (χ3n) is 6.69. The fourth-order valence-electron chi connectivity index (χ4n) is 4.48. The molecule has 0 aromatic heterocycles. The van der Waals surface area contributed by atoms with Gasteiger partial charge in [-0.1, -0.05) is 90.5 Å². The number of benzene rings is 1. The molecule has 1 aromatic rings. The van der Waals surface area contributed by atoms with E-state index in [1.54, 1.807) is 0 Å². The highest BCUT2D eigenvalue weighted by molar-refractivity contribution is 5.70. The molecule has 2 rings (SSSR count). The average molecular weight is 415 g/mol. The Balaban J connectivity index is 2.32. The molecule has 0 radical (unpaired) electrons. The van der Waals surface area contributed by atoms with E-state index >= 15 is 0 Å². The molecule has 170 valence electrons. The van der Waals surface area contributed by atoms with Crippen LogP contribution in [0.15, 0.2) is 30.0 Å². The lowest BCUT2D eigenvalue weighted by molar-refractivity contribution is -0.0301. The van der Waals surface area contributed by atoms with Crippen LogP contribution in [0, 0.1) is 18.8 Å². The van der Waals surface area contributed by atoms with Crippen LogP contribution in [0.3, 0.4) is 0 Å². The first kappa shape index (κ1) is 24.7. The van der Waals surface area contributed by atoms with Gasteiger partial charge in [-0.2, -0.15) is 0 Å². The zero-order chi connectivity index (χ0) is 21.9. The molecule has 0 saturated heterocycles. The second-order valence-electron chi connectivity index (χ2n) is 8.95. The molecule has 30 heavy (non-hydrogen) atoms. The van der Waals surface area contributed by atoms with Crippen LogP contribution in [0.5, 0.6) is 0 Å². The van der Waals surface area contributed by atoms with E-state index in [2.05, 4.69) is 74.4 Å².